The molecule has 0 fully saturated rings. The van der Waals surface area contributed by atoms with E-state index in [1.54, 1.807) is 0 Å². The number of benzene rings is 1. The average Bonchev–Trinajstić information content (AvgIpc) is 2.87. The fourth-order valence-electron chi connectivity index (χ4n) is 2.43. The third kappa shape index (κ3) is 22.8. The molecule has 0 N–H and O–H groups in total. The van der Waals surface area contributed by atoms with E-state index in [-0.39, 0.29) is 0 Å². The topological polar surface area (TPSA) is 83.1 Å². The lowest BCUT2D eigenvalue weighted by Gasteiger charge is -2.09. The van der Waals surface area contributed by atoms with E-state index in [0.29, 0.717) is 118 Å². The normalized spacial score (nSPS) is 11.2. The van der Waals surface area contributed by atoms with E-state index >= 15 is 0 Å². The molecule has 0 atom stereocenters. The van der Waals surface area contributed by atoms with Crippen LogP contribution >= 0.6 is 11.6 Å². The van der Waals surface area contributed by atoms with Gasteiger partial charge in [-0.2, -0.15) is 0 Å². The average molecular weight is 509 g/mol. The van der Waals surface area contributed by atoms with Gasteiger partial charge in [0.25, 0.3) is 0 Å². The van der Waals surface area contributed by atoms with Crippen molar-refractivity contribution in [2.24, 2.45) is 0 Å². The van der Waals surface area contributed by atoms with Crippen molar-refractivity contribution < 1.29 is 42.6 Å². The molecule has 0 aromatic heterocycles. The summed E-state index contributed by atoms with van der Waals surface area (Å²) < 4.78 is 48.7. The Morgan fingerprint density at radius 1 is 0.382 bits per heavy atom. The van der Waals surface area contributed by atoms with Crippen molar-refractivity contribution in [3.8, 4) is 5.75 Å². The Kier molecular flexibility index (Phi) is 24.3. The Balaban J connectivity index is 1.64. The fraction of sp³-hybridized carbons (Fsp3) is 0.750. The van der Waals surface area contributed by atoms with Gasteiger partial charge in [0.15, 0.2) is 0 Å². The zero-order valence-corrected chi connectivity index (χ0v) is 20.9. The maximum atomic E-state index is 5.54. The third-order valence-electron chi connectivity index (χ3n) is 4.07. The smallest absolute Gasteiger partial charge is 0.119 e. The fourth-order valence-corrected chi connectivity index (χ4v) is 2.54. The summed E-state index contributed by atoms with van der Waals surface area (Å²) in [5.41, 5.74) is 0. The summed E-state index contributed by atoms with van der Waals surface area (Å²) in [4.78, 5) is 0. The van der Waals surface area contributed by atoms with E-state index in [0.717, 1.165) is 5.75 Å². The van der Waals surface area contributed by atoms with Crippen LogP contribution in [0.2, 0.25) is 0 Å². The van der Waals surface area contributed by atoms with Gasteiger partial charge in [-0.3, -0.25) is 0 Å². The maximum absolute atomic E-state index is 5.54. The summed E-state index contributed by atoms with van der Waals surface area (Å²) in [7, 11) is 0. The highest BCUT2D eigenvalue weighted by atomic mass is 35.5. The lowest BCUT2D eigenvalue weighted by molar-refractivity contribution is -0.0233. The molecule has 0 aliphatic heterocycles. The molecule has 0 heterocycles. The molecule has 0 unspecified atom stereocenters. The monoisotopic (exact) mass is 508 g/mol. The van der Waals surface area contributed by atoms with E-state index < -0.39 is 0 Å². The Morgan fingerprint density at radius 3 is 1.00 bits per heavy atom. The standard InChI is InChI=1S/C24H41ClO9/c25-6-7-26-8-9-27-10-11-28-12-13-29-14-15-30-16-17-31-18-19-32-20-21-33-22-23-34-24-4-2-1-3-5-24/h1-5H,6-23H2. The van der Waals surface area contributed by atoms with Gasteiger partial charge in [0.2, 0.25) is 0 Å². The van der Waals surface area contributed by atoms with Crippen molar-refractivity contribution in [1.82, 2.24) is 0 Å². The summed E-state index contributed by atoms with van der Waals surface area (Å²) in [5, 5.41) is 0. The predicted octanol–water partition coefficient (Wildman–Crippen LogP) is 2.44. The summed E-state index contributed by atoms with van der Waals surface area (Å²) in [6.07, 6.45) is 0. The number of alkyl halides is 1. The number of para-hydroxylation sites is 1. The van der Waals surface area contributed by atoms with Crippen molar-refractivity contribution in [3.05, 3.63) is 30.3 Å². The van der Waals surface area contributed by atoms with Gasteiger partial charge in [0.05, 0.1) is 106 Å². The van der Waals surface area contributed by atoms with Crippen LogP contribution in [0.4, 0.5) is 0 Å². The molecule has 0 radical (unpaired) electrons. The minimum Gasteiger partial charge on any atom is -0.491 e. The molecule has 10 heteroatoms. The summed E-state index contributed by atoms with van der Waals surface area (Å²) in [5.74, 6) is 1.35. The highest BCUT2D eigenvalue weighted by Crippen LogP contribution is 2.07. The van der Waals surface area contributed by atoms with Crippen molar-refractivity contribution in [1.29, 1.82) is 0 Å². The van der Waals surface area contributed by atoms with E-state index in [4.69, 9.17) is 54.2 Å². The second-order valence-corrected chi connectivity index (χ2v) is 7.13. The molecule has 1 rings (SSSR count). The number of halogens is 1. The number of ether oxygens (including phenoxy) is 9. The van der Waals surface area contributed by atoms with Crippen LogP contribution in [0.15, 0.2) is 30.3 Å². The van der Waals surface area contributed by atoms with Crippen LogP contribution in [0, 0.1) is 0 Å². The summed E-state index contributed by atoms with van der Waals surface area (Å²) >= 11 is 5.50. The third-order valence-corrected chi connectivity index (χ3v) is 4.22. The molecule has 0 aliphatic rings. The Labute approximate surface area is 208 Å². The molecule has 1 aromatic rings. The van der Waals surface area contributed by atoms with Gasteiger partial charge in [-0.15, -0.1) is 11.6 Å². The molecule has 9 nitrogen and oxygen atoms in total. The quantitative estimate of drug-likeness (QED) is 0.131. The van der Waals surface area contributed by atoms with E-state index in [2.05, 4.69) is 0 Å². The minimum atomic E-state index is 0.502. The van der Waals surface area contributed by atoms with E-state index in [9.17, 15) is 0 Å². The lowest BCUT2D eigenvalue weighted by atomic mass is 10.3. The number of rotatable bonds is 27. The Hall–Kier alpha value is -1.01. The molecule has 1 aromatic carbocycles. The zero-order chi connectivity index (χ0) is 24.2. The van der Waals surface area contributed by atoms with Crippen molar-refractivity contribution in [2.75, 3.05) is 118 Å². The van der Waals surface area contributed by atoms with Crippen LogP contribution in [-0.4, -0.2) is 118 Å². The minimum absolute atomic E-state index is 0.502. The Bertz CT molecular complexity index is 510. The number of hydrogen-bond donors (Lipinski definition) is 0. The van der Waals surface area contributed by atoms with Gasteiger partial charge in [-0.05, 0) is 12.1 Å². The molecule has 0 aliphatic carbocycles. The van der Waals surface area contributed by atoms with Crippen molar-refractivity contribution >= 4 is 11.6 Å². The zero-order valence-electron chi connectivity index (χ0n) is 20.2. The van der Waals surface area contributed by atoms with Gasteiger partial charge in [0, 0.05) is 5.88 Å². The van der Waals surface area contributed by atoms with Crippen LogP contribution in [0.3, 0.4) is 0 Å². The van der Waals surface area contributed by atoms with Crippen LogP contribution in [-0.2, 0) is 37.9 Å². The van der Waals surface area contributed by atoms with E-state index in [1.165, 1.54) is 0 Å². The van der Waals surface area contributed by atoms with Crippen molar-refractivity contribution in [3.63, 3.8) is 0 Å². The predicted molar refractivity (Wildman–Crippen MR) is 129 cm³/mol. The van der Waals surface area contributed by atoms with Gasteiger partial charge in [-0.25, -0.2) is 0 Å². The Morgan fingerprint density at radius 2 is 0.676 bits per heavy atom. The highest BCUT2D eigenvalue weighted by molar-refractivity contribution is 6.17. The second-order valence-electron chi connectivity index (χ2n) is 6.75. The lowest BCUT2D eigenvalue weighted by Crippen LogP contribution is -2.15. The van der Waals surface area contributed by atoms with Crippen LogP contribution < -0.4 is 4.74 Å². The van der Waals surface area contributed by atoms with Crippen LogP contribution in [0.25, 0.3) is 0 Å². The largest absolute Gasteiger partial charge is 0.491 e. The summed E-state index contributed by atoms with van der Waals surface area (Å²) in [6, 6.07) is 9.67. The molecule has 0 bridgehead atoms. The van der Waals surface area contributed by atoms with Gasteiger partial charge in [-0.1, -0.05) is 18.2 Å². The molecular weight excluding hydrogens is 468 g/mol. The first-order valence-corrected chi connectivity index (χ1v) is 12.3. The van der Waals surface area contributed by atoms with Gasteiger partial charge in [0.1, 0.15) is 12.4 Å². The second kappa shape index (κ2) is 26.6. The van der Waals surface area contributed by atoms with E-state index in [1.807, 2.05) is 30.3 Å². The summed E-state index contributed by atoms with van der Waals surface area (Å²) in [6.45, 7) is 9.05. The first-order valence-electron chi connectivity index (χ1n) is 11.8. The van der Waals surface area contributed by atoms with Gasteiger partial charge >= 0.3 is 0 Å². The molecule has 0 amide bonds. The molecule has 198 valence electrons. The van der Waals surface area contributed by atoms with Crippen molar-refractivity contribution in [2.45, 2.75) is 0 Å². The van der Waals surface area contributed by atoms with Crippen LogP contribution in [0.5, 0.6) is 5.75 Å². The molecule has 0 saturated heterocycles. The number of hydrogen-bond acceptors (Lipinski definition) is 9. The highest BCUT2D eigenvalue weighted by Gasteiger charge is 1.96. The first-order chi connectivity index (χ1) is 16.9. The molecule has 34 heavy (non-hydrogen) atoms. The molecule has 0 saturated carbocycles. The SMILES string of the molecule is ClCCOCCOCCOCCOCCOCCOCCOCCOCCOc1ccccc1. The molecule has 0 spiro atoms. The van der Waals surface area contributed by atoms with Crippen LogP contribution in [0.1, 0.15) is 0 Å². The first kappa shape index (κ1) is 31.0. The maximum Gasteiger partial charge on any atom is 0.119 e. The van der Waals surface area contributed by atoms with Gasteiger partial charge < -0.3 is 42.6 Å². The molecular formula is C24H41ClO9.